The van der Waals surface area contributed by atoms with Crippen molar-refractivity contribution in [2.75, 3.05) is 23.3 Å². The first-order valence-electron chi connectivity index (χ1n) is 9.34. The van der Waals surface area contributed by atoms with Crippen LogP contribution in [0, 0.1) is 5.82 Å². The molecule has 2 aromatic rings. The maximum Gasteiger partial charge on any atom is 0.323 e. The number of amides is 3. The molecular weight excluding hydrogens is 413 g/mol. The molecule has 3 amide bonds. The number of fused-ring (bicyclic) bond motifs is 2. The molecule has 0 saturated carbocycles. The van der Waals surface area contributed by atoms with Crippen molar-refractivity contribution in [1.29, 1.82) is 0 Å². The quantitative estimate of drug-likeness (QED) is 0.720. The number of anilines is 2. The van der Waals surface area contributed by atoms with E-state index in [9.17, 15) is 14.0 Å². The van der Waals surface area contributed by atoms with Gasteiger partial charge in [0.1, 0.15) is 5.82 Å². The third-order valence-electron chi connectivity index (χ3n) is 5.13. The predicted molar refractivity (Wildman–Crippen MR) is 115 cm³/mol. The van der Waals surface area contributed by atoms with Crippen molar-refractivity contribution in [2.24, 2.45) is 0 Å². The second-order valence-electron chi connectivity index (χ2n) is 7.74. The number of benzene rings is 2. The molecule has 0 bridgehead atoms. The van der Waals surface area contributed by atoms with E-state index in [-0.39, 0.29) is 5.91 Å². The fourth-order valence-electron chi connectivity index (χ4n) is 4.05. The van der Waals surface area contributed by atoms with Crippen LogP contribution in [0.2, 0.25) is 5.02 Å². The van der Waals surface area contributed by atoms with Crippen LogP contribution in [0.15, 0.2) is 42.5 Å². The number of hydrogen-bond donors (Lipinski definition) is 1. The molecule has 0 aromatic heterocycles. The van der Waals surface area contributed by atoms with Crippen molar-refractivity contribution < 1.29 is 14.0 Å². The average Bonchev–Trinajstić information content (AvgIpc) is 3.07. The first-order chi connectivity index (χ1) is 13.7. The van der Waals surface area contributed by atoms with Crippen molar-refractivity contribution in [2.45, 2.75) is 30.4 Å². The van der Waals surface area contributed by atoms with Gasteiger partial charge in [-0.05, 0) is 57.2 Å². The Morgan fingerprint density at radius 1 is 1.28 bits per heavy atom. The van der Waals surface area contributed by atoms with Gasteiger partial charge in [0, 0.05) is 34.1 Å². The average molecular weight is 434 g/mol. The van der Waals surface area contributed by atoms with Gasteiger partial charge in [0.25, 0.3) is 5.91 Å². The van der Waals surface area contributed by atoms with E-state index in [0.29, 0.717) is 35.1 Å². The molecule has 2 aromatic carbocycles. The number of nitrogens with one attached hydrogen (secondary N) is 1. The molecule has 5 nitrogen and oxygen atoms in total. The van der Waals surface area contributed by atoms with Crippen molar-refractivity contribution in [3.8, 4) is 0 Å². The third kappa shape index (κ3) is 3.16. The maximum absolute atomic E-state index is 14.2. The lowest BCUT2D eigenvalue weighted by Crippen LogP contribution is -2.51. The van der Waals surface area contributed by atoms with Crippen LogP contribution in [-0.2, 0) is 9.67 Å². The summed E-state index contributed by atoms with van der Waals surface area (Å²) in [6.45, 7) is 6.60. The standard InChI is InChI=1S/C21H21ClFN3O2S/c1-4-25-17-9-8-14(23)11-16(17)21(18(25)27)26(12-20(2,3)29-21)19(28)24-15-7-5-6-13(22)10-15/h5-11H,4,12H2,1-3H3,(H,24,28)/t21-/m0/s1. The number of carbonyl (C=O) groups excluding carboxylic acids is 2. The van der Waals surface area contributed by atoms with E-state index in [1.165, 1.54) is 28.8 Å². The number of likely N-dealkylation sites (N-methyl/N-ethyl adjacent to an activating group) is 1. The first-order valence-corrected chi connectivity index (χ1v) is 10.5. The van der Waals surface area contributed by atoms with Gasteiger partial charge in [-0.1, -0.05) is 17.7 Å². The van der Waals surface area contributed by atoms with Gasteiger partial charge in [0.05, 0.1) is 5.69 Å². The Labute approximate surface area is 178 Å². The lowest BCUT2D eigenvalue weighted by molar-refractivity contribution is -0.123. The Kier molecular flexibility index (Phi) is 4.78. The van der Waals surface area contributed by atoms with Crippen molar-refractivity contribution in [1.82, 2.24) is 4.90 Å². The maximum atomic E-state index is 14.2. The minimum Gasteiger partial charge on any atom is -0.309 e. The van der Waals surface area contributed by atoms with E-state index in [1.54, 1.807) is 35.2 Å². The molecule has 4 rings (SSSR count). The molecule has 29 heavy (non-hydrogen) atoms. The summed E-state index contributed by atoms with van der Waals surface area (Å²) in [5, 5.41) is 3.33. The fraction of sp³-hybridized carbons (Fsp3) is 0.333. The van der Waals surface area contributed by atoms with Crippen LogP contribution in [0.5, 0.6) is 0 Å². The van der Waals surface area contributed by atoms with Gasteiger partial charge in [-0.25, -0.2) is 9.18 Å². The Morgan fingerprint density at radius 2 is 2.03 bits per heavy atom. The molecule has 1 saturated heterocycles. The van der Waals surface area contributed by atoms with Crippen LogP contribution < -0.4 is 10.2 Å². The van der Waals surface area contributed by atoms with Gasteiger partial charge in [-0.3, -0.25) is 9.69 Å². The second-order valence-corrected chi connectivity index (χ2v) is 10.1. The molecule has 152 valence electrons. The van der Waals surface area contributed by atoms with Crippen LogP contribution in [0.3, 0.4) is 0 Å². The highest BCUT2D eigenvalue weighted by molar-refractivity contribution is 8.02. The molecular formula is C21H21ClFN3O2S. The van der Waals surface area contributed by atoms with Crippen molar-refractivity contribution in [3.63, 3.8) is 0 Å². The molecule has 2 aliphatic rings. The summed E-state index contributed by atoms with van der Waals surface area (Å²) in [6.07, 6.45) is 0. The lowest BCUT2D eigenvalue weighted by Gasteiger charge is -2.33. The monoisotopic (exact) mass is 433 g/mol. The van der Waals surface area contributed by atoms with Crippen LogP contribution in [0.4, 0.5) is 20.6 Å². The summed E-state index contributed by atoms with van der Waals surface area (Å²) in [5.74, 6) is -0.660. The SMILES string of the molecule is CCN1C(=O)[C@@]2(SC(C)(C)CN2C(=O)Nc2cccc(Cl)c2)c2cc(F)ccc21. The zero-order valence-corrected chi connectivity index (χ0v) is 17.9. The number of nitrogens with zero attached hydrogens (tertiary/aromatic N) is 2. The molecule has 1 spiro atoms. The van der Waals surface area contributed by atoms with Crippen LogP contribution in [0.25, 0.3) is 0 Å². The van der Waals surface area contributed by atoms with Crippen molar-refractivity contribution in [3.05, 3.63) is 58.9 Å². The normalized spacial score (nSPS) is 22.3. The van der Waals surface area contributed by atoms with E-state index in [1.807, 2.05) is 20.8 Å². The summed E-state index contributed by atoms with van der Waals surface area (Å²) >= 11 is 7.42. The highest BCUT2D eigenvalue weighted by Gasteiger charge is 2.63. The number of urea groups is 1. The van der Waals surface area contributed by atoms with Gasteiger partial charge >= 0.3 is 6.03 Å². The summed E-state index contributed by atoms with van der Waals surface area (Å²) in [6, 6.07) is 10.7. The summed E-state index contributed by atoms with van der Waals surface area (Å²) < 4.78 is 13.8. The molecule has 0 radical (unpaired) electrons. The zero-order valence-electron chi connectivity index (χ0n) is 16.3. The van der Waals surface area contributed by atoms with Gasteiger partial charge in [-0.15, -0.1) is 11.8 Å². The van der Waals surface area contributed by atoms with Gasteiger partial charge in [0.2, 0.25) is 0 Å². The second kappa shape index (κ2) is 6.92. The highest BCUT2D eigenvalue weighted by Crippen LogP contribution is 2.59. The molecule has 2 aliphatic heterocycles. The Hall–Kier alpha value is -2.25. The number of rotatable bonds is 2. The minimum absolute atomic E-state index is 0.225. The molecule has 0 aliphatic carbocycles. The Morgan fingerprint density at radius 3 is 2.72 bits per heavy atom. The zero-order chi connectivity index (χ0) is 21.0. The number of thioether (sulfide) groups is 1. The van der Waals surface area contributed by atoms with Gasteiger partial charge in [0.15, 0.2) is 4.87 Å². The number of hydrogen-bond acceptors (Lipinski definition) is 3. The number of halogens is 2. The number of carbonyl (C=O) groups is 2. The molecule has 8 heteroatoms. The first kappa shape index (κ1) is 20.0. The van der Waals surface area contributed by atoms with Gasteiger partial charge < -0.3 is 10.2 Å². The lowest BCUT2D eigenvalue weighted by atomic mass is 10.0. The predicted octanol–water partition coefficient (Wildman–Crippen LogP) is 5.06. The largest absolute Gasteiger partial charge is 0.323 e. The smallest absolute Gasteiger partial charge is 0.309 e. The van der Waals surface area contributed by atoms with E-state index in [4.69, 9.17) is 11.6 Å². The molecule has 1 atom stereocenters. The summed E-state index contributed by atoms with van der Waals surface area (Å²) in [5.41, 5.74) is 1.69. The summed E-state index contributed by atoms with van der Waals surface area (Å²) in [7, 11) is 0. The highest BCUT2D eigenvalue weighted by atomic mass is 35.5. The summed E-state index contributed by atoms with van der Waals surface area (Å²) in [4.78, 5) is 28.7. The molecule has 2 heterocycles. The van der Waals surface area contributed by atoms with E-state index < -0.39 is 21.5 Å². The van der Waals surface area contributed by atoms with Crippen LogP contribution >= 0.6 is 23.4 Å². The van der Waals surface area contributed by atoms with E-state index in [2.05, 4.69) is 5.32 Å². The van der Waals surface area contributed by atoms with Crippen LogP contribution in [0.1, 0.15) is 26.3 Å². The van der Waals surface area contributed by atoms with E-state index in [0.717, 1.165) is 0 Å². The van der Waals surface area contributed by atoms with Gasteiger partial charge in [-0.2, -0.15) is 0 Å². The molecule has 1 fully saturated rings. The van der Waals surface area contributed by atoms with Crippen LogP contribution in [-0.4, -0.2) is 34.7 Å². The molecule has 0 unspecified atom stereocenters. The minimum atomic E-state index is -1.31. The molecule has 1 N–H and O–H groups in total. The third-order valence-corrected chi connectivity index (χ3v) is 6.96. The van der Waals surface area contributed by atoms with Crippen molar-refractivity contribution >= 4 is 46.7 Å². The Balaban J connectivity index is 1.81. The fourth-order valence-corrected chi connectivity index (χ4v) is 5.96. The topological polar surface area (TPSA) is 52.7 Å². The van der Waals surface area contributed by atoms with E-state index >= 15 is 0 Å². The Bertz CT molecular complexity index is 1020.